The van der Waals surface area contributed by atoms with Crippen molar-refractivity contribution in [2.45, 2.75) is 48.6 Å². The number of alkyl halides is 1. The number of benzene rings is 1. The predicted molar refractivity (Wildman–Crippen MR) is 124 cm³/mol. The Morgan fingerprint density at radius 3 is 2.85 bits per heavy atom. The van der Waals surface area contributed by atoms with E-state index in [9.17, 15) is 13.9 Å². The maximum absolute atomic E-state index is 14.9. The smallest absolute Gasteiger partial charge is 0.214 e. The molecule has 0 unspecified atom stereocenters. The Kier molecular flexibility index (Phi) is 4.97. The molecule has 2 N–H and O–H groups in total. The van der Waals surface area contributed by atoms with Gasteiger partial charge in [-0.15, -0.1) is 22.0 Å². The Hall–Kier alpha value is -2.85. The molecule has 0 spiro atoms. The number of anilines is 1. The Morgan fingerprint density at radius 2 is 2.09 bits per heavy atom. The lowest BCUT2D eigenvalue weighted by molar-refractivity contribution is 0.176. The highest BCUT2D eigenvalue weighted by Gasteiger charge is 2.43. The summed E-state index contributed by atoms with van der Waals surface area (Å²) in [6.45, 7) is 0. The van der Waals surface area contributed by atoms with Gasteiger partial charge in [-0.1, -0.05) is 6.07 Å². The number of phenolic OH excluding ortho intramolecular Hbond substituents is 1. The minimum Gasteiger partial charge on any atom is -0.507 e. The zero-order valence-corrected chi connectivity index (χ0v) is 18.6. The van der Waals surface area contributed by atoms with Gasteiger partial charge >= 0.3 is 0 Å². The number of rotatable bonds is 5. The number of hydrogen-bond donors (Lipinski definition) is 2. The van der Waals surface area contributed by atoms with E-state index in [1.807, 2.05) is 0 Å². The Bertz CT molecular complexity index is 1270. The Morgan fingerprint density at radius 1 is 1.21 bits per heavy atom. The average Bonchev–Trinajstić information content (AvgIpc) is 3.23. The number of piperidine rings is 1. The van der Waals surface area contributed by atoms with Crippen LogP contribution < -0.4 is 10.2 Å². The molecular formula is C23H24F2N6OS. The highest BCUT2D eigenvalue weighted by atomic mass is 32.2. The molecule has 2 saturated heterocycles. The molecule has 7 nitrogen and oxygen atoms in total. The minimum absolute atomic E-state index is 0.0121. The molecule has 2 aliphatic heterocycles. The van der Waals surface area contributed by atoms with Gasteiger partial charge in [-0.2, -0.15) is 4.39 Å². The van der Waals surface area contributed by atoms with E-state index in [0.29, 0.717) is 46.7 Å². The number of nitrogens with one attached hydrogen (secondary N) is 1. The lowest BCUT2D eigenvalue weighted by Gasteiger charge is -2.38. The van der Waals surface area contributed by atoms with Gasteiger partial charge in [0.2, 0.25) is 5.95 Å². The van der Waals surface area contributed by atoms with E-state index < -0.39 is 18.3 Å². The van der Waals surface area contributed by atoms with Crippen molar-refractivity contribution in [2.24, 2.45) is 0 Å². The zero-order chi connectivity index (χ0) is 25.6. The molecule has 0 saturated carbocycles. The van der Waals surface area contributed by atoms with Crippen LogP contribution in [0.25, 0.3) is 22.5 Å². The van der Waals surface area contributed by atoms with Crippen molar-refractivity contribution >= 4 is 17.6 Å². The summed E-state index contributed by atoms with van der Waals surface area (Å²) >= 11 is 0.473. The second kappa shape index (κ2) is 8.83. The fourth-order valence-corrected chi connectivity index (χ4v) is 4.98. The van der Waals surface area contributed by atoms with Crippen LogP contribution in [0.1, 0.15) is 23.4 Å². The first-order chi connectivity index (χ1) is 17.1. The van der Waals surface area contributed by atoms with Crippen molar-refractivity contribution in [2.75, 3.05) is 18.1 Å². The first-order valence-corrected chi connectivity index (χ1v) is 11.4. The molecule has 2 bridgehead atoms. The molecule has 2 aliphatic rings. The number of pyridine rings is 1. The molecule has 4 atom stereocenters. The van der Waals surface area contributed by atoms with Crippen molar-refractivity contribution in [3.8, 4) is 28.3 Å². The minimum atomic E-state index is -2.37. The number of phenols is 1. The molecule has 1 aromatic carbocycles. The maximum atomic E-state index is 14.9. The SMILES string of the molecule is [2H]C([2H])([2H])Sc1cc(-c2ccc(-c3ncc(N(C)[C@H]4C[C@@H]5CC[C@H](N5)[C@H]4F)nn3)c(O)c2)cc(F)n1. The third-order valence-corrected chi connectivity index (χ3v) is 6.83. The molecule has 0 aliphatic carbocycles. The van der Waals surface area contributed by atoms with Crippen molar-refractivity contribution < 1.29 is 18.0 Å². The van der Waals surface area contributed by atoms with E-state index in [0.717, 1.165) is 18.9 Å². The quantitative estimate of drug-likeness (QED) is 0.427. The van der Waals surface area contributed by atoms with Crippen LogP contribution in [-0.2, 0) is 0 Å². The van der Waals surface area contributed by atoms with Crippen LogP contribution >= 0.6 is 11.8 Å². The molecule has 0 amide bonds. The molecule has 33 heavy (non-hydrogen) atoms. The van der Waals surface area contributed by atoms with E-state index in [1.54, 1.807) is 24.1 Å². The lowest BCUT2D eigenvalue weighted by atomic mass is 9.96. The molecule has 2 aromatic heterocycles. The summed E-state index contributed by atoms with van der Waals surface area (Å²) in [4.78, 5) is 9.72. The van der Waals surface area contributed by atoms with E-state index >= 15 is 0 Å². The molecular weight excluding hydrogens is 446 g/mol. The van der Waals surface area contributed by atoms with Crippen LogP contribution in [0.3, 0.4) is 0 Å². The van der Waals surface area contributed by atoms with Crippen LogP contribution in [-0.4, -0.2) is 62.8 Å². The highest BCUT2D eigenvalue weighted by Crippen LogP contribution is 2.35. The fourth-order valence-electron chi connectivity index (χ4n) is 4.66. The van der Waals surface area contributed by atoms with Gasteiger partial charge in [0.15, 0.2) is 11.6 Å². The van der Waals surface area contributed by atoms with E-state index in [4.69, 9.17) is 4.11 Å². The average molecular weight is 474 g/mol. The number of halogens is 2. The second-order valence-electron chi connectivity index (χ2n) is 8.40. The Labute approximate surface area is 198 Å². The van der Waals surface area contributed by atoms with Gasteiger partial charge in [-0.25, -0.2) is 14.4 Å². The number of nitrogens with zero attached hydrogens (tertiary/aromatic N) is 5. The van der Waals surface area contributed by atoms with Crippen molar-refractivity contribution in [1.82, 2.24) is 25.5 Å². The second-order valence-corrected chi connectivity index (χ2v) is 9.02. The fraction of sp³-hybridized carbons (Fsp3) is 0.391. The van der Waals surface area contributed by atoms with Gasteiger partial charge in [-0.3, -0.25) is 0 Å². The summed E-state index contributed by atoms with van der Waals surface area (Å²) in [6.07, 6.45) is 0.612. The van der Waals surface area contributed by atoms with E-state index in [1.165, 1.54) is 18.3 Å². The molecule has 4 heterocycles. The van der Waals surface area contributed by atoms with Crippen molar-refractivity contribution in [1.29, 1.82) is 0 Å². The largest absolute Gasteiger partial charge is 0.507 e. The third kappa shape index (κ3) is 4.24. The predicted octanol–water partition coefficient (Wildman–Crippen LogP) is 3.83. The first-order valence-electron chi connectivity index (χ1n) is 12.1. The summed E-state index contributed by atoms with van der Waals surface area (Å²) in [6, 6.07) is 7.08. The van der Waals surface area contributed by atoms with E-state index in [2.05, 4.69) is 25.5 Å². The van der Waals surface area contributed by atoms with Gasteiger partial charge in [0.05, 0.1) is 22.8 Å². The van der Waals surface area contributed by atoms with Crippen LogP contribution in [0.4, 0.5) is 14.6 Å². The third-order valence-electron chi connectivity index (χ3n) is 6.41. The van der Waals surface area contributed by atoms with Crippen LogP contribution in [0.5, 0.6) is 5.75 Å². The number of fused-ring (bicyclic) bond motifs is 2. The summed E-state index contributed by atoms with van der Waals surface area (Å²) in [5.41, 5.74) is 1.14. The molecule has 0 radical (unpaired) electrons. The molecule has 2 fully saturated rings. The van der Waals surface area contributed by atoms with Crippen LogP contribution in [0, 0.1) is 5.95 Å². The Balaban J connectivity index is 1.35. The monoisotopic (exact) mass is 473 g/mol. The number of thioether (sulfide) groups is 1. The van der Waals surface area contributed by atoms with Gasteiger partial charge in [0.25, 0.3) is 0 Å². The normalized spacial score (nSPS) is 25.8. The number of hydrogen-bond acceptors (Lipinski definition) is 8. The van der Waals surface area contributed by atoms with Crippen LogP contribution in [0.15, 0.2) is 41.6 Å². The lowest BCUT2D eigenvalue weighted by Crippen LogP contribution is -2.55. The standard InChI is InChI=1S/C23H24F2N6OS/c1-31(17-10-14-4-6-16(27-14)22(17)25)20-11-26-23(30-29-20)15-5-3-12(7-18(15)32)13-8-19(24)28-21(9-13)33-2/h3,5,7-9,11,14,16-17,22,27,32H,4,6,10H2,1-2H3/t14-,16-,17-,22+/m0/s1/i2D3. The highest BCUT2D eigenvalue weighted by molar-refractivity contribution is 7.98. The van der Waals surface area contributed by atoms with Gasteiger partial charge < -0.3 is 15.3 Å². The summed E-state index contributed by atoms with van der Waals surface area (Å²) in [5.74, 6) is -0.364. The molecule has 172 valence electrons. The molecule has 5 rings (SSSR count). The van der Waals surface area contributed by atoms with Crippen molar-refractivity contribution in [3.63, 3.8) is 0 Å². The van der Waals surface area contributed by atoms with Gasteiger partial charge in [0.1, 0.15) is 11.9 Å². The number of aromatic hydroxyl groups is 1. The molecule has 10 heteroatoms. The van der Waals surface area contributed by atoms with Crippen LogP contribution in [0.2, 0.25) is 0 Å². The maximum Gasteiger partial charge on any atom is 0.214 e. The summed E-state index contributed by atoms with van der Waals surface area (Å²) in [5, 5.41) is 22.3. The topological polar surface area (TPSA) is 87.1 Å². The molecule has 3 aromatic rings. The van der Waals surface area contributed by atoms with Crippen molar-refractivity contribution in [3.05, 3.63) is 42.5 Å². The summed E-state index contributed by atoms with van der Waals surface area (Å²) < 4.78 is 51.0. The van der Waals surface area contributed by atoms with Gasteiger partial charge in [-0.05, 0) is 54.8 Å². The zero-order valence-electron chi connectivity index (χ0n) is 20.7. The van der Waals surface area contributed by atoms with E-state index in [-0.39, 0.29) is 28.7 Å². The summed E-state index contributed by atoms with van der Waals surface area (Å²) in [7, 11) is 1.78. The first kappa shape index (κ1) is 18.6. The van der Waals surface area contributed by atoms with Gasteiger partial charge in [0, 0.05) is 29.3 Å². The number of aromatic nitrogens is 4.